The molecule has 1 heterocycles. The summed E-state index contributed by atoms with van der Waals surface area (Å²) >= 11 is 6.21. The van der Waals surface area contributed by atoms with E-state index in [2.05, 4.69) is 5.32 Å². The number of hydrogen-bond donors (Lipinski definition) is 1. The topological polar surface area (TPSA) is 67.9 Å². The molecule has 4 rings (SSSR count). The van der Waals surface area contributed by atoms with Gasteiger partial charge in [0.2, 0.25) is 5.91 Å². The Labute approximate surface area is 208 Å². The molecule has 1 N–H and O–H groups in total. The third-order valence-electron chi connectivity index (χ3n) is 5.81. The molecule has 1 atom stereocenters. The van der Waals surface area contributed by atoms with E-state index in [0.717, 1.165) is 11.1 Å². The average molecular weight is 497 g/mol. The van der Waals surface area contributed by atoms with E-state index in [0.29, 0.717) is 29.2 Å². The van der Waals surface area contributed by atoms with Crippen LogP contribution >= 0.6 is 11.6 Å². The Hall–Kier alpha value is -3.58. The lowest BCUT2D eigenvalue weighted by molar-refractivity contribution is -0.139. The van der Waals surface area contributed by atoms with Gasteiger partial charge in [-0.1, -0.05) is 36.7 Å². The molecule has 1 aliphatic rings. The summed E-state index contributed by atoms with van der Waals surface area (Å²) in [6.45, 7) is 2.35. The SMILES string of the molecule is CC[C@H]1Oc2ccc(NC(=O)Cc3cccc(OC)c3)cc2CN(Cc2ccc(F)cc2Cl)C1=O. The lowest BCUT2D eigenvalue weighted by atomic mass is 10.1. The molecule has 0 saturated heterocycles. The number of benzene rings is 3. The highest BCUT2D eigenvalue weighted by molar-refractivity contribution is 6.31. The van der Waals surface area contributed by atoms with Crippen molar-refractivity contribution < 1.29 is 23.5 Å². The zero-order valence-electron chi connectivity index (χ0n) is 19.5. The van der Waals surface area contributed by atoms with Gasteiger partial charge in [0.1, 0.15) is 17.3 Å². The van der Waals surface area contributed by atoms with Gasteiger partial charge in [-0.3, -0.25) is 9.59 Å². The molecule has 0 fully saturated rings. The number of fused-ring (bicyclic) bond motifs is 1. The second-order valence-corrected chi connectivity index (χ2v) is 8.75. The number of halogens is 2. The van der Waals surface area contributed by atoms with Crippen molar-refractivity contribution in [3.8, 4) is 11.5 Å². The lowest BCUT2D eigenvalue weighted by Crippen LogP contribution is -2.38. The maximum atomic E-state index is 13.5. The first-order valence-corrected chi connectivity index (χ1v) is 11.7. The Balaban J connectivity index is 1.53. The third-order valence-corrected chi connectivity index (χ3v) is 6.16. The Morgan fingerprint density at radius 1 is 1.20 bits per heavy atom. The molecule has 0 saturated carbocycles. The van der Waals surface area contributed by atoms with Crippen molar-refractivity contribution in [1.82, 2.24) is 4.90 Å². The average Bonchev–Trinajstić information content (AvgIpc) is 2.96. The van der Waals surface area contributed by atoms with Gasteiger partial charge < -0.3 is 19.7 Å². The van der Waals surface area contributed by atoms with E-state index in [4.69, 9.17) is 21.1 Å². The smallest absolute Gasteiger partial charge is 0.264 e. The first kappa shape index (κ1) is 24.5. The van der Waals surface area contributed by atoms with Gasteiger partial charge in [0.05, 0.1) is 13.5 Å². The van der Waals surface area contributed by atoms with E-state index in [-0.39, 0.29) is 36.3 Å². The van der Waals surface area contributed by atoms with Crippen molar-refractivity contribution in [2.45, 2.75) is 39.0 Å². The lowest BCUT2D eigenvalue weighted by Gasteiger charge is -2.23. The molecular formula is C27H26ClFN2O4. The number of amides is 2. The van der Waals surface area contributed by atoms with Gasteiger partial charge in [-0.25, -0.2) is 4.39 Å². The van der Waals surface area contributed by atoms with Gasteiger partial charge in [0.15, 0.2) is 6.10 Å². The van der Waals surface area contributed by atoms with Gasteiger partial charge in [-0.15, -0.1) is 0 Å². The number of nitrogens with zero attached hydrogens (tertiary/aromatic N) is 1. The predicted molar refractivity (Wildman–Crippen MR) is 132 cm³/mol. The molecule has 0 aromatic heterocycles. The summed E-state index contributed by atoms with van der Waals surface area (Å²) in [7, 11) is 1.58. The largest absolute Gasteiger partial charge is 0.497 e. The molecule has 6 nitrogen and oxygen atoms in total. The number of ether oxygens (including phenoxy) is 2. The number of anilines is 1. The number of hydrogen-bond acceptors (Lipinski definition) is 4. The third kappa shape index (κ3) is 5.92. The molecule has 0 spiro atoms. The van der Waals surface area contributed by atoms with Crippen LogP contribution < -0.4 is 14.8 Å². The van der Waals surface area contributed by atoms with Crippen LogP contribution in [0.4, 0.5) is 10.1 Å². The van der Waals surface area contributed by atoms with Crippen molar-refractivity contribution in [2.75, 3.05) is 12.4 Å². The second-order valence-electron chi connectivity index (χ2n) is 8.34. The van der Waals surface area contributed by atoms with Gasteiger partial charge in [-0.05, 0) is 60.0 Å². The molecule has 2 amide bonds. The van der Waals surface area contributed by atoms with Gasteiger partial charge in [0, 0.05) is 29.4 Å². The molecule has 8 heteroatoms. The standard InChI is InChI=1S/C27H26ClFN2O4/c1-3-24-27(33)31(15-18-7-8-20(29)14-23(18)28)16-19-13-21(9-10-25(19)35-24)30-26(32)12-17-5-4-6-22(11-17)34-2/h4-11,13-14,24H,3,12,15-16H2,1-2H3,(H,30,32)/t24-/m1/s1. The van der Waals surface area contributed by atoms with E-state index in [9.17, 15) is 14.0 Å². The molecule has 182 valence electrons. The minimum Gasteiger partial charge on any atom is -0.497 e. The van der Waals surface area contributed by atoms with Crippen LogP contribution in [-0.4, -0.2) is 29.9 Å². The molecule has 3 aromatic rings. The van der Waals surface area contributed by atoms with Crippen molar-refractivity contribution in [3.63, 3.8) is 0 Å². The predicted octanol–water partition coefficient (Wildman–Crippen LogP) is 5.37. The van der Waals surface area contributed by atoms with Crippen molar-refractivity contribution in [3.05, 3.63) is 88.2 Å². The number of carbonyl (C=O) groups is 2. The summed E-state index contributed by atoms with van der Waals surface area (Å²) in [5.74, 6) is 0.492. The summed E-state index contributed by atoms with van der Waals surface area (Å²) < 4.78 is 24.7. The first-order valence-electron chi connectivity index (χ1n) is 11.3. The summed E-state index contributed by atoms with van der Waals surface area (Å²) in [5.41, 5.74) is 2.83. The summed E-state index contributed by atoms with van der Waals surface area (Å²) in [4.78, 5) is 27.4. The summed E-state index contributed by atoms with van der Waals surface area (Å²) in [5, 5.41) is 3.17. The molecule has 3 aromatic carbocycles. The van der Waals surface area contributed by atoms with Crippen LogP contribution in [0.1, 0.15) is 30.0 Å². The minimum absolute atomic E-state index is 0.173. The summed E-state index contributed by atoms with van der Waals surface area (Å²) in [6.07, 6.45) is 0.0328. The minimum atomic E-state index is -0.649. The molecule has 0 radical (unpaired) electrons. The monoisotopic (exact) mass is 496 g/mol. The van der Waals surface area contributed by atoms with E-state index < -0.39 is 11.9 Å². The maximum absolute atomic E-state index is 13.5. The van der Waals surface area contributed by atoms with E-state index in [1.165, 1.54) is 12.1 Å². The van der Waals surface area contributed by atoms with E-state index in [1.54, 1.807) is 30.2 Å². The number of methoxy groups -OCH3 is 1. The second kappa shape index (κ2) is 10.8. The summed E-state index contributed by atoms with van der Waals surface area (Å²) in [6, 6.07) is 16.8. The fourth-order valence-corrected chi connectivity index (χ4v) is 4.23. The zero-order valence-corrected chi connectivity index (χ0v) is 20.3. The van der Waals surface area contributed by atoms with Gasteiger partial charge in [0.25, 0.3) is 5.91 Å². The van der Waals surface area contributed by atoms with E-state index >= 15 is 0 Å². The van der Waals surface area contributed by atoms with Crippen LogP contribution in [0.15, 0.2) is 60.7 Å². The molecule has 0 unspecified atom stereocenters. The number of rotatable bonds is 7. The fraction of sp³-hybridized carbons (Fsp3) is 0.259. The fourth-order valence-electron chi connectivity index (χ4n) is 4.01. The van der Waals surface area contributed by atoms with Crippen molar-refractivity contribution >= 4 is 29.1 Å². The Bertz CT molecular complexity index is 1250. The van der Waals surface area contributed by atoms with Crippen LogP contribution in [0.2, 0.25) is 5.02 Å². The van der Waals surface area contributed by atoms with Gasteiger partial charge in [-0.2, -0.15) is 0 Å². The highest BCUT2D eigenvalue weighted by Gasteiger charge is 2.30. The quantitative estimate of drug-likeness (QED) is 0.477. The van der Waals surface area contributed by atoms with Crippen LogP contribution in [0.3, 0.4) is 0 Å². The molecular weight excluding hydrogens is 471 g/mol. The normalized spacial score (nSPS) is 15.1. The van der Waals surface area contributed by atoms with Gasteiger partial charge >= 0.3 is 0 Å². The number of carbonyl (C=O) groups excluding carboxylic acids is 2. The Morgan fingerprint density at radius 3 is 2.77 bits per heavy atom. The van der Waals surface area contributed by atoms with Crippen molar-refractivity contribution in [1.29, 1.82) is 0 Å². The Kier molecular flexibility index (Phi) is 7.56. The van der Waals surface area contributed by atoms with Crippen LogP contribution in [0, 0.1) is 5.82 Å². The highest BCUT2D eigenvalue weighted by Crippen LogP contribution is 2.31. The molecule has 0 aliphatic carbocycles. The number of nitrogens with one attached hydrogen (secondary N) is 1. The maximum Gasteiger partial charge on any atom is 0.264 e. The van der Waals surface area contributed by atoms with Crippen LogP contribution in [0.5, 0.6) is 11.5 Å². The molecule has 0 bridgehead atoms. The molecule has 1 aliphatic heterocycles. The highest BCUT2D eigenvalue weighted by atomic mass is 35.5. The molecule has 35 heavy (non-hydrogen) atoms. The van der Waals surface area contributed by atoms with Crippen LogP contribution in [-0.2, 0) is 29.1 Å². The van der Waals surface area contributed by atoms with Crippen molar-refractivity contribution in [2.24, 2.45) is 0 Å². The van der Waals surface area contributed by atoms with Crippen LogP contribution in [0.25, 0.3) is 0 Å². The zero-order chi connectivity index (χ0) is 24.9. The first-order chi connectivity index (χ1) is 16.9. The Morgan fingerprint density at radius 2 is 2.03 bits per heavy atom. The van der Waals surface area contributed by atoms with E-state index in [1.807, 2.05) is 37.3 Å².